The van der Waals surface area contributed by atoms with Crippen molar-refractivity contribution < 1.29 is 13.2 Å². The Balaban J connectivity index is 2.05. The summed E-state index contributed by atoms with van der Waals surface area (Å²) >= 11 is 0. The summed E-state index contributed by atoms with van der Waals surface area (Å²) in [7, 11) is 0. The summed E-state index contributed by atoms with van der Waals surface area (Å²) in [6, 6.07) is 11.7. The molecule has 3 rings (SSSR count). The van der Waals surface area contributed by atoms with Crippen molar-refractivity contribution in [1.82, 2.24) is 15.0 Å². The van der Waals surface area contributed by atoms with E-state index in [1.807, 2.05) is 13.0 Å². The van der Waals surface area contributed by atoms with E-state index in [4.69, 9.17) is 0 Å². The highest BCUT2D eigenvalue weighted by molar-refractivity contribution is 5.89. The van der Waals surface area contributed by atoms with Crippen LogP contribution in [0.5, 0.6) is 0 Å². The maximum absolute atomic E-state index is 13.0. The standard InChI is InChI=1S/C16H13F3N4/c1-10(12-7-4-5-9-20-12)21-14-11-6-2-3-8-13(11)22-15(23-14)16(17,18)19/h2-10H,1H3,(H,21,22,23). The van der Waals surface area contributed by atoms with E-state index in [0.29, 0.717) is 11.1 Å². The number of hydrogen-bond donors (Lipinski definition) is 1. The van der Waals surface area contributed by atoms with Gasteiger partial charge in [0.2, 0.25) is 5.82 Å². The first-order chi connectivity index (χ1) is 10.9. The highest BCUT2D eigenvalue weighted by atomic mass is 19.4. The zero-order valence-electron chi connectivity index (χ0n) is 12.2. The molecule has 1 aromatic carbocycles. The van der Waals surface area contributed by atoms with Gasteiger partial charge in [-0.15, -0.1) is 0 Å². The van der Waals surface area contributed by atoms with Gasteiger partial charge < -0.3 is 5.32 Å². The van der Waals surface area contributed by atoms with Gasteiger partial charge in [-0.2, -0.15) is 13.2 Å². The highest BCUT2D eigenvalue weighted by Crippen LogP contribution is 2.31. The first-order valence-corrected chi connectivity index (χ1v) is 6.96. The minimum absolute atomic E-state index is 0.140. The fourth-order valence-electron chi connectivity index (χ4n) is 2.22. The fraction of sp³-hybridized carbons (Fsp3) is 0.188. The summed E-state index contributed by atoms with van der Waals surface area (Å²) in [5.74, 6) is -1.02. The molecule has 2 aromatic heterocycles. The number of hydrogen-bond acceptors (Lipinski definition) is 4. The zero-order chi connectivity index (χ0) is 16.4. The molecule has 0 aliphatic rings. The quantitative estimate of drug-likeness (QED) is 0.785. The van der Waals surface area contributed by atoms with E-state index in [9.17, 15) is 13.2 Å². The number of aromatic nitrogens is 3. The molecule has 4 nitrogen and oxygen atoms in total. The van der Waals surface area contributed by atoms with Crippen LogP contribution in [-0.2, 0) is 6.18 Å². The third-order valence-electron chi connectivity index (χ3n) is 3.34. The number of alkyl halides is 3. The van der Waals surface area contributed by atoms with Crippen molar-refractivity contribution >= 4 is 16.7 Å². The number of nitrogens with one attached hydrogen (secondary N) is 1. The lowest BCUT2D eigenvalue weighted by molar-refractivity contribution is -0.144. The van der Waals surface area contributed by atoms with Crippen LogP contribution in [-0.4, -0.2) is 15.0 Å². The summed E-state index contributed by atoms with van der Waals surface area (Å²) in [5.41, 5.74) is 0.953. The van der Waals surface area contributed by atoms with Gasteiger partial charge in [-0.05, 0) is 31.2 Å². The molecule has 0 spiro atoms. The maximum atomic E-state index is 13.0. The number of halogens is 3. The normalized spacial score (nSPS) is 13.0. The second kappa shape index (κ2) is 5.83. The molecule has 0 saturated carbocycles. The van der Waals surface area contributed by atoms with Crippen LogP contribution >= 0.6 is 0 Å². The van der Waals surface area contributed by atoms with Crippen LogP contribution < -0.4 is 5.32 Å². The Morgan fingerprint density at radius 1 is 1.00 bits per heavy atom. The first-order valence-electron chi connectivity index (χ1n) is 6.96. The summed E-state index contributed by atoms with van der Waals surface area (Å²) in [6.45, 7) is 1.81. The Morgan fingerprint density at radius 3 is 2.43 bits per heavy atom. The van der Waals surface area contributed by atoms with E-state index >= 15 is 0 Å². The lowest BCUT2D eigenvalue weighted by Crippen LogP contribution is -2.15. The topological polar surface area (TPSA) is 50.7 Å². The van der Waals surface area contributed by atoms with E-state index in [1.54, 1.807) is 36.5 Å². The predicted octanol–water partition coefficient (Wildman–Crippen LogP) is 4.22. The number of anilines is 1. The molecular formula is C16H13F3N4. The molecule has 0 saturated heterocycles. The van der Waals surface area contributed by atoms with Crippen molar-refractivity contribution in [2.75, 3.05) is 5.32 Å². The van der Waals surface area contributed by atoms with Crippen LogP contribution in [0.1, 0.15) is 24.5 Å². The van der Waals surface area contributed by atoms with Crippen molar-refractivity contribution in [3.63, 3.8) is 0 Å². The molecule has 1 unspecified atom stereocenters. The minimum Gasteiger partial charge on any atom is -0.361 e. The van der Waals surface area contributed by atoms with Gasteiger partial charge in [0.15, 0.2) is 0 Å². The number of pyridine rings is 1. The Kier molecular flexibility index (Phi) is 3.85. The highest BCUT2D eigenvalue weighted by Gasteiger charge is 2.35. The van der Waals surface area contributed by atoms with Crippen LogP contribution in [0.2, 0.25) is 0 Å². The third-order valence-corrected chi connectivity index (χ3v) is 3.34. The van der Waals surface area contributed by atoms with Crippen molar-refractivity contribution in [2.45, 2.75) is 19.1 Å². The van der Waals surface area contributed by atoms with Crippen LogP contribution in [0.4, 0.5) is 19.0 Å². The third kappa shape index (κ3) is 3.23. The van der Waals surface area contributed by atoms with Gasteiger partial charge in [-0.3, -0.25) is 4.98 Å². The lowest BCUT2D eigenvalue weighted by atomic mass is 10.2. The van der Waals surface area contributed by atoms with Crippen molar-refractivity contribution in [2.24, 2.45) is 0 Å². The van der Waals surface area contributed by atoms with Gasteiger partial charge in [0.05, 0.1) is 17.3 Å². The average Bonchev–Trinajstić information content (AvgIpc) is 2.54. The average molecular weight is 318 g/mol. The molecule has 0 fully saturated rings. The predicted molar refractivity (Wildman–Crippen MR) is 80.8 cm³/mol. The summed E-state index contributed by atoms with van der Waals surface area (Å²) in [5, 5.41) is 3.53. The summed E-state index contributed by atoms with van der Waals surface area (Å²) in [4.78, 5) is 11.5. The van der Waals surface area contributed by atoms with Gasteiger partial charge in [-0.25, -0.2) is 9.97 Å². The second-order valence-electron chi connectivity index (χ2n) is 5.03. The molecule has 23 heavy (non-hydrogen) atoms. The van der Waals surface area contributed by atoms with Crippen molar-refractivity contribution in [3.8, 4) is 0 Å². The SMILES string of the molecule is CC(Nc1nc(C(F)(F)F)nc2ccccc12)c1ccccn1. The number of fused-ring (bicyclic) bond motifs is 1. The zero-order valence-corrected chi connectivity index (χ0v) is 12.2. The largest absolute Gasteiger partial charge is 0.451 e. The van der Waals surface area contributed by atoms with Crippen LogP contribution in [0.25, 0.3) is 10.9 Å². The van der Waals surface area contributed by atoms with Gasteiger partial charge in [-0.1, -0.05) is 18.2 Å². The number of para-hydroxylation sites is 1. The van der Waals surface area contributed by atoms with Crippen LogP contribution in [0.3, 0.4) is 0 Å². The van der Waals surface area contributed by atoms with E-state index in [1.165, 1.54) is 6.07 Å². The van der Waals surface area contributed by atoms with E-state index in [2.05, 4.69) is 20.3 Å². The first kappa shape index (κ1) is 15.2. The van der Waals surface area contributed by atoms with E-state index in [0.717, 1.165) is 0 Å². The second-order valence-corrected chi connectivity index (χ2v) is 5.03. The van der Waals surface area contributed by atoms with Crippen LogP contribution in [0, 0.1) is 0 Å². The van der Waals surface area contributed by atoms with Crippen molar-refractivity contribution in [1.29, 1.82) is 0 Å². The molecule has 0 aliphatic carbocycles. The van der Waals surface area contributed by atoms with E-state index in [-0.39, 0.29) is 17.4 Å². The molecule has 2 heterocycles. The maximum Gasteiger partial charge on any atom is 0.451 e. The lowest BCUT2D eigenvalue weighted by Gasteiger charge is -2.17. The van der Waals surface area contributed by atoms with Gasteiger partial charge >= 0.3 is 6.18 Å². The number of benzene rings is 1. The van der Waals surface area contributed by atoms with Crippen LogP contribution in [0.15, 0.2) is 48.7 Å². The smallest absolute Gasteiger partial charge is 0.361 e. The van der Waals surface area contributed by atoms with Gasteiger partial charge in [0.25, 0.3) is 0 Å². The summed E-state index contributed by atoms with van der Waals surface area (Å²) < 4.78 is 39.0. The number of rotatable bonds is 3. The molecule has 118 valence electrons. The fourth-order valence-corrected chi connectivity index (χ4v) is 2.22. The monoisotopic (exact) mass is 318 g/mol. The van der Waals surface area contributed by atoms with Crippen molar-refractivity contribution in [3.05, 3.63) is 60.2 Å². The summed E-state index contributed by atoms with van der Waals surface area (Å²) in [6.07, 6.45) is -2.97. The van der Waals surface area contributed by atoms with Gasteiger partial charge in [0.1, 0.15) is 5.82 Å². The molecule has 7 heteroatoms. The molecule has 0 amide bonds. The minimum atomic E-state index is -4.60. The Bertz CT molecular complexity index is 818. The molecule has 1 N–H and O–H groups in total. The molecular weight excluding hydrogens is 305 g/mol. The molecule has 0 aliphatic heterocycles. The van der Waals surface area contributed by atoms with E-state index < -0.39 is 12.0 Å². The Morgan fingerprint density at radius 2 is 1.74 bits per heavy atom. The molecule has 0 bridgehead atoms. The molecule has 0 radical (unpaired) electrons. The number of nitrogens with zero attached hydrogens (tertiary/aromatic N) is 3. The Labute approximate surface area is 130 Å². The molecule has 3 aromatic rings. The molecule has 1 atom stereocenters. The Hall–Kier alpha value is -2.70. The van der Waals surface area contributed by atoms with Gasteiger partial charge in [0, 0.05) is 11.6 Å².